The largest absolute Gasteiger partial charge is 0.368 e. The lowest BCUT2D eigenvalue weighted by Crippen LogP contribution is -2.64. The van der Waals surface area contributed by atoms with Crippen LogP contribution in [-0.4, -0.2) is 54.7 Å². The highest BCUT2D eigenvalue weighted by molar-refractivity contribution is 5.98. The fraction of sp³-hybridized carbons (Fsp3) is 0.789. The molecular weight excluding hydrogens is 362 g/mol. The third kappa shape index (κ3) is 5.51. The number of Topliss-reactive ketones (excluding diaryl/α,β-unsaturated/α-hetero) is 1. The standard InChI is InChI=1S/C19H33N5O4/c1-2-3-7-13-19(28)24-15(10-22-13)16(25)12-9-14(17(21)26)23-18(27)11(12)6-4-5-8-20/h11-15,22H,2-10,20H2,1H3,(H2,21,26)(H,23,27)(H,24,28)/t11-,12?,13+,14-,15-/m1/s1. The van der Waals surface area contributed by atoms with Gasteiger partial charge in [-0.05, 0) is 32.2 Å². The monoisotopic (exact) mass is 395 g/mol. The maximum Gasteiger partial charge on any atom is 0.240 e. The van der Waals surface area contributed by atoms with Crippen LogP contribution in [0.25, 0.3) is 0 Å². The highest BCUT2D eigenvalue weighted by Gasteiger charge is 2.44. The quantitative estimate of drug-likeness (QED) is 0.297. The summed E-state index contributed by atoms with van der Waals surface area (Å²) in [4.78, 5) is 49.6. The predicted octanol–water partition coefficient (Wildman–Crippen LogP) is -1.06. The van der Waals surface area contributed by atoms with Crippen molar-refractivity contribution in [2.45, 2.75) is 70.0 Å². The molecule has 1 unspecified atom stereocenters. The molecule has 0 bridgehead atoms. The van der Waals surface area contributed by atoms with E-state index in [1.165, 1.54) is 0 Å². The molecule has 2 rings (SSSR count). The highest BCUT2D eigenvalue weighted by Crippen LogP contribution is 2.30. The van der Waals surface area contributed by atoms with E-state index in [0.717, 1.165) is 25.7 Å². The molecule has 28 heavy (non-hydrogen) atoms. The third-order valence-corrected chi connectivity index (χ3v) is 5.70. The molecule has 9 nitrogen and oxygen atoms in total. The lowest BCUT2D eigenvalue weighted by Gasteiger charge is -2.37. The van der Waals surface area contributed by atoms with Crippen molar-refractivity contribution in [1.29, 1.82) is 0 Å². The molecule has 0 aromatic rings. The number of piperidine rings is 1. The van der Waals surface area contributed by atoms with Gasteiger partial charge >= 0.3 is 0 Å². The number of nitrogens with two attached hydrogens (primary N) is 2. The summed E-state index contributed by atoms with van der Waals surface area (Å²) in [6.07, 6.45) is 4.79. The van der Waals surface area contributed by atoms with Gasteiger partial charge in [0.1, 0.15) is 12.1 Å². The molecular formula is C19H33N5O4. The van der Waals surface area contributed by atoms with E-state index in [2.05, 4.69) is 22.9 Å². The van der Waals surface area contributed by atoms with Gasteiger partial charge in [-0.3, -0.25) is 19.2 Å². The number of hydrogen-bond acceptors (Lipinski definition) is 6. The smallest absolute Gasteiger partial charge is 0.240 e. The van der Waals surface area contributed by atoms with Crippen LogP contribution < -0.4 is 27.4 Å². The Bertz CT molecular complexity index is 597. The first-order valence-corrected chi connectivity index (χ1v) is 10.3. The minimum Gasteiger partial charge on any atom is -0.368 e. The van der Waals surface area contributed by atoms with E-state index < -0.39 is 29.8 Å². The van der Waals surface area contributed by atoms with Crippen molar-refractivity contribution in [3.05, 3.63) is 0 Å². The summed E-state index contributed by atoms with van der Waals surface area (Å²) in [5.41, 5.74) is 10.9. The first-order valence-electron chi connectivity index (χ1n) is 10.3. The molecule has 2 saturated heterocycles. The van der Waals surface area contributed by atoms with Gasteiger partial charge in [-0.25, -0.2) is 0 Å². The van der Waals surface area contributed by atoms with Crippen molar-refractivity contribution >= 4 is 23.5 Å². The second kappa shape index (κ2) is 10.5. The molecule has 0 aliphatic carbocycles. The summed E-state index contributed by atoms with van der Waals surface area (Å²) in [5.74, 6) is -2.58. The van der Waals surface area contributed by atoms with Crippen LogP contribution >= 0.6 is 0 Å². The van der Waals surface area contributed by atoms with Crippen LogP contribution in [0.2, 0.25) is 0 Å². The Labute approximate surface area is 165 Å². The Kier molecular flexibility index (Phi) is 8.37. The second-order valence-corrected chi connectivity index (χ2v) is 7.76. The van der Waals surface area contributed by atoms with E-state index in [9.17, 15) is 19.2 Å². The van der Waals surface area contributed by atoms with Crippen molar-refractivity contribution in [3.8, 4) is 0 Å². The van der Waals surface area contributed by atoms with Crippen molar-refractivity contribution < 1.29 is 19.2 Å². The van der Waals surface area contributed by atoms with Gasteiger partial charge in [0, 0.05) is 18.4 Å². The lowest BCUT2D eigenvalue weighted by atomic mass is 9.75. The molecule has 0 spiro atoms. The van der Waals surface area contributed by atoms with E-state index in [0.29, 0.717) is 25.9 Å². The number of ketones is 1. The van der Waals surface area contributed by atoms with Crippen LogP contribution in [0, 0.1) is 11.8 Å². The fourth-order valence-corrected chi connectivity index (χ4v) is 4.03. The Morgan fingerprint density at radius 3 is 2.36 bits per heavy atom. The van der Waals surface area contributed by atoms with Crippen LogP contribution in [0.5, 0.6) is 0 Å². The number of hydrogen-bond donors (Lipinski definition) is 5. The second-order valence-electron chi connectivity index (χ2n) is 7.76. The van der Waals surface area contributed by atoms with Crippen molar-refractivity contribution in [2.24, 2.45) is 23.3 Å². The molecule has 2 aliphatic heterocycles. The highest BCUT2D eigenvalue weighted by atomic mass is 16.2. The maximum atomic E-state index is 13.2. The molecule has 2 aliphatic rings. The first-order chi connectivity index (χ1) is 13.4. The van der Waals surface area contributed by atoms with Crippen molar-refractivity contribution in [2.75, 3.05) is 13.1 Å². The van der Waals surface area contributed by atoms with Gasteiger partial charge in [0.05, 0.1) is 6.04 Å². The topological polar surface area (TPSA) is 156 Å². The average Bonchev–Trinajstić information content (AvgIpc) is 2.67. The molecule has 2 heterocycles. The number of rotatable bonds is 10. The normalized spacial score (nSPS) is 30.4. The molecule has 7 N–H and O–H groups in total. The number of primary amides is 1. The predicted molar refractivity (Wildman–Crippen MR) is 104 cm³/mol. The van der Waals surface area contributed by atoms with Crippen LogP contribution in [0.4, 0.5) is 0 Å². The third-order valence-electron chi connectivity index (χ3n) is 5.70. The van der Waals surface area contributed by atoms with Crippen molar-refractivity contribution in [1.82, 2.24) is 16.0 Å². The SMILES string of the molecule is CCCC[C@@H]1NC[C@H](C(=O)C2C[C@H](C(N)=O)NC(=O)[C@@H]2CCCCN)NC1=O. The number of unbranched alkanes of at least 4 members (excludes halogenated alkanes) is 2. The molecule has 0 aromatic carbocycles. The zero-order chi connectivity index (χ0) is 20.7. The molecule has 158 valence electrons. The van der Waals surface area contributed by atoms with E-state index in [-0.39, 0.29) is 30.1 Å². The van der Waals surface area contributed by atoms with Crippen LogP contribution in [0.15, 0.2) is 0 Å². The lowest BCUT2D eigenvalue weighted by molar-refractivity contribution is -0.143. The average molecular weight is 396 g/mol. The Hall–Kier alpha value is -2.00. The number of carbonyl (C=O) groups is 4. The molecule has 2 fully saturated rings. The number of carbonyl (C=O) groups excluding carboxylic acids is 4. The van der Waals surface area contributed by atoms with Crippen LogP contribution in [-0.2, 0) is 19.2 Å². The summed E-state index contributed by atoms with van der Waals surface area (Å²) in [6.45, 7) is 2.90. The molecule has 0 aromatic heterocycles. The molecule has 9 heteroatoms. The Morgan fingerprint density at radius 2 is 1.75 bits per heavy atom. The zero-order valence-electron chi connectivity index (χ0n) is 16.5. The first kappa shape index (κ1) is 22.3. The minimum absolute atomic E-state index is 0.166. The molecule has 0 radical (unpaired) electrons. The van der Waals surface area contributed by atoms with Crippen molar-refractivity contribution in [3.63, 3.8) is 0 Å². The fourth-order valence-electron chi connectivity index (χ4n) is 4.03. The number of piperazine rings is 1. The maximum absolute atomic E-state index is 13.2. The van der Waals surface area contributed by atoms with Gasteiger partial charge in [0.25, 0.3) is 0 Å². The minimum atomic E-state index is -0.864. The van der Waals surface area contributed by atoms with E-state index in [4.69, 9.17) is 11.5 Å². The Morgan fingerprint density at radius 1 is 1.04 bits per heavy atom. The van der Waals surface area contributed by atoms with Gasteiger partial charge < -0.3 is 27.4 Å². The molecule has 5 atom stereocenters. The number of amides is 3. The molecule has 3 amide bonds. The molecule has 0 saturated carbocycles. The van der Waals surface area contributed by atoms with Gasteiger partial charge in [0.15, 0.2) is 5.78 Å². The van der Waals surface area contributed by atoms with Gasteiger partial charge in [-0.2, -0.15) is 0 Å². The summed E-state index contributed by atoms with van der Waals surface area (Å²) in [5, 5.41) is 8.56. The Balaban J connectivity index is 2.08. The summed E-state index contributed by atoms with van der Waals surface area (Å²) >= 11 is 0. The van der Waals surface area contributed by atoms with Crippen LogP contribution in [0.3, 0.4) is 0 Å². The number of nitrogens with one attached hydrogen (secondary N) is 3. The summed E-state index contributed by atoms with van der Waals surface area (Å²) < 4.78 is 0. The van der Waals surface area contributed by atoms with Gasteiger partial charge in [0.2, 0.25) is 17.7 Å². The summed E-state index contributed by atoms with van der Waals surface area (Å²) in [7, 11) is 0. The summed E-state index contributed by atoms with van der Waals surface area (Å²) in [6, 6.07) is -1.86. The van der Waals surface area contributed by atoms with E-state index in [1.807, 2.05) is 0 Å². The van der Waals surface area contributed by atoms with Gasteiger partial charge in [-0.15, -0.1) is 0 Å². The van der Waals surface area contributed by atoms with E-state index in [1.54, 1.807) is 0 Å². The zero-order valence-corrected chi connectivity index (χ0v) is 16.5. The van der Waals surface area contributed by atoms with Crippen LogP contribution in [0.1, 0.15) is 51.9 Å². The van der Waals surface area contributed by atoms with E-state index >= 15 is 0 Å². The van der Waals surface area contributed by atoms with Gasteiger partial charge in [-0.1, -0.05) is 26.2 Å².